The van der Waals surface area contributed by atoms with E-state index >= 15 is 0 Å². The number of aromatic nitrogens is 2. The van der Waals surface area contributed by atoms with E-state index in [0.717, 1.165) is 24.8 Å². The van der Waals surface area contributed by atoms with Crippen molar-refractivity contribution in [1.82, 2.24) is 15.3 Å². The van der Waals surface area contributed by atoms with Crippen molar-refractivity contribution in [3.05, 3.63) is 24.3 Å². The first kappa shape index (κ1) is 14.0. The Morgan fingerprint density at radius 2 is 2.22 bits per heavy atom. The van der Waals surface area contributed by atoms with E-state index in [0.29, 0.717) is 16.7 Å². The lowest BCUT2D eigenvalue weighted by atomic mass is 10.2. The molecule has 0 bridgehead atoms. The zero-order valence-electron chi connectivity index (χ0n) is 12.5. The summed E-state index contributed by atoms with van der Waals surface area (Å²) in [7, 11) is 1.47. The summed E-state index contributed by atoms with van der Waals surface area (Å²) in [5.41, 5.74) is 1.56. The molecule has 1 fully saturated rings. The predicted octanol–water partition coefficient (Wildman–Crippen LogP) is 2.04. The van der Waals surface area contributed by atoms with Gasteiger partial charge < -0.3 is 19.2 Å². The molecule has 3 heterocycles. The summed E-state index contributed by atoms with van der Waals surface area (Å²) in [6.45, 7) is 0.812. The minimum Gasteiger partial charge on any atom is -0.467 e. The van der Waals surface area contributed by atoms with Gasteiger partial charge in [0, 0.05) is 5.39 Å². The van der Waals surface area contributed by atoms with Crippen LogP contribution in [0.1, 0.15) is 12.8 Å². The number of benzene rings is 1. The molecule has 118 valence electrons. The number of furan rings is 1. The van der Waals surface area contributed by atoms with E-state index in [9.17, 15) is 4.79 Å². The average Bonchev–Trinajstić information content (AvgIpc) is 3.22. The highest BCUT2D eigenvalue weighted by atomic mass is 16.6. The monoisotopic (exact) mass is 313 g/mol. The third-order valence-electron chi connectivity index (χ3n) is 3.89. The number of rotatable bonds is 3. The molecule has 1 N–H and O–H groups in total. The van der Waals surface area contributed by atoms with Gasteiger partial charge in [0.15, 0.2) is 0 Å². The topological polar surface area (TPSA) is 86.5 Å². The second-order valence-electron chi connectivity index (χ2n) is 5.36. The quantitative estimate of drug-likeness (QED) is 0.740. The fourth-order valence-electron chi connectivity index (χ4n) is 2.76. The van der Waals surface area contributed by atoms with Crippen LogP contribution in [0.15, 0.2) is 28.7 Å². The Balaban J connectivity index is 1.82. The average molecular weight is 313 g/mol. The van der Waals surface area contributed by atoms with Crippen molar-refractivity contribution in [2.45, 2.75) is 18.9 Å². The zero-order chi connectivity index (χ0) is 15.8. The minimum absolute atomic E-state index is 0.0850. The maximum Gasteiger partial charge on any atom is 0.329 e. The third-order valence-corrected chi connectivity index (χ3v) is 3.89. The van der Waals surface area contributed by atoms with Crippen LogP contribution in [0.3, 0.4) is 0 Å². The fraction of sp³-hybridized carbons (Fsp3) is 0.312. The van der Waals surface area contributed by atoms with Gasteiger partial charge in [-0.25, -0.2) is 4.79 Å². The van der Waals surface area contributed by atoms with Crippen LogP contribution in [-0.2, 0) is 4.79 Å². The first-order valence-electron chi connectivity index (χ1n) is 7.44. The van der Waals surface area contributed by atoms with Crippen molar-refractivity contribution in [2.24, 2.45) is 0 Å². The summed E-state index contributed by atoms with van der Waals surface area (Å²) in [5, 5.41) is 3.92. The Morgan fingerprint density at radius 3 is 3.00 bits per heavy atom. The van der Waals surface area contributed by atoms with E-state index in [-0.39, 0.29) is 23.9 Å². The molecule has 7 nitrogen and oxygen atoms in total. The SMILES string of the molecule is COc1nc(OC(=O)[C@@H]2CCCN2)c2oc3ccccc3c2n1. The molecule has 3 aromatic rings. The lowest BCUT2D eigenvalue weighted by molar-refractivity contribution is -0.136. The third kappa shape index (κ3) is 2.39. The Labute approximate surface area is 131 Å². The Bertz CT molecular complexity index is 884. The summed E-state index contributed by atoms with van der Waals surface area (Å²) < 4.78 is 16.3. The first-order chi connectivity index (χ1) is 11.3. The van der Waals surface area contributed by atoms with Gasteiger partial charge in [-0.1, -0.05) is 12.1 Å². The molecule has 1 aromatic carbocycles. The molecule has 1 aliphatic heterocycles. The van der Waals surface area contributed by atoms with Crippen LogP contribution in [0.25, 0.3) is 22.1 Å². The van der Waals surface area contributed by atoms with Gasteiger partial charge >= 0.3 is 12.0 Å². The number of hydrogen-bond donors (Lipinski definition) is 1. The highest BCUT2D eigenvalue weighted by molar-refractivity contribution is 6.04. The predicted molar refractivity (Wildman–Crippen MR) is 82.5 cm³/mol. The maximum absolute atomic E-state index is 12.2. The lowest BCUT2D eigenvalue weighted by Gasteiger charge is -2.09. The minimum atomic E-state index is -0.370. The number of nitrogens with one attached hydrogen (secondary N) is 1. The van der Waals surface area contributed by atoms with Crippen molar-refractivity contribution in [1.29, 1.82) is 0 Å². The van der Waals surface area contributed by atoms with Crippen LogP contribution in [0.5, 0.6) is 11.9 Å². The molecule has 23 heavy (non-hydrogen) atoms. The lowest BCUT2D eigenvalue weighted by Crippen LogP contribution is -2.34. The summed E-state index contributed by atoms with van der Waals surface area (Å²) in [6, 6.07) is 7.29. The van der Waals surface area contributed by atoms with Crippen molar-refractivity contribution in [3.63, 3.8) is 0 Å². The molecule has 4 rings (SSSR count). The van der Waals surface area contributed by atoms with E-state index in [1.54, 1.807) is 0 Å². The van der Waals surface area contributed by atoms with Gasteiger partial charge in [-0.2, -0.15) is 9.97 Å². The fourth-order valence-corrected chi connectivity index (χ4v) is 2.76. The number of fused-ring (bicyclic) bond motifs is 3. The molecule has 0 amide bonds. The molecule has 1 atom stereocenters. The van der Waals surface area contributed by atoms with Crippen LogP contribution in [0.2, 0.25) is 0 Å². The molecule has 0 spiro atoms. The van der Waals surface area contributed by atoms with Gasteiger partial charge in [-0.3, -0.25) is 0 Å². The smallest absolute Gasteiger partial charge is 0.329 e. The molecular formula is C16H15N3O4. The second-order valence-corrected chi connectivity index (χ2v) is 5.36. The van der Waals surface area contributed by atoms with Crippen LogP contribution in [0, 0.1) is 0 Å². The molecule has 0 unspecified atom stereocenters. The number of carbonyl (C=O) groups excluding carboxylic acids is 1. The first-order valence-corrected chi connectivity index (χ1v) is 7.44. The van der Waals surface area contributed by atoms with Gasteiger partial charge in [-0.05, 0) is 31.5 Å². The summed E-state index contributed by atoms with van der Waals surface area (Å²) in [5.74, 6) is -0.285. The molecule has 0 radical (unpaired) electrons. The molecule has 1 aliphatic rings. The molecule has 7 heteroatoms. The summed E-state index contributed by atoms with van der Waals surface area (Å²) >= 11 is 0. The molecule has 1 saturated heterocycles. The van der Waals surface area contributed by atoms with E-state index in [1.807, 2.05) is 24.3 Å². The number of para-hydroxylation sites is 1. The number of carbonyl (C=O) groups is 1. The Morgan fingerprint density at radius 1 is 1.35 bits per heavy atom. The van der Waals surface area contributed by atoms with E-state index in [4.69, 9.17) is 13.9 Å². The zero-order valence-corrected chi connectivity index (χ0v) is 12.5. The van der Waals surface area contributed by atoms with E-state index in [1.165, 1.54) is 7.11 Å². The Kier molecular flexibility index (Phi) is 3.34. The summed E-state index contributed by atoms with van der Waals surface area (Å²) in [6.07, 6.45) is 1.71. The van der Waals surface area contributed by atoms with Crippen molar-refractivity contribution in [2.75, 3.05) is 13.7 Å². The number of hydrogen-bond acceptors (Lipinski definition) is 7. The standard InChI is InChI=1S/C16H15N3O4/c1-21-16-18-12-9-5-2-3-7-11(9)22-13(12)14(19-16)23-15(20)10-6-4-8-17-10/h2-3,5,7,10,17H,4,6,8H2,1H3/t10-/m0/s1. The van der Waals surface area contributed by atoms with E-state index < -0.39 is 0 Å². The van der Waals surface area contributed by atoms with Gasteiger partial charge in [-0.15, -0.1) is 0 Å². The van der Waals surface area contributed by atoms with Gasteiger partial charge in [0.2, 0.25) is 5.58 Å². The number of esters is 1. The summed E-state index contributed by atoms with van der Waals surface area (Å²) in [4.78, 5) is 20.7. The molecule has 0 aliphatic carbocycles. The normalized spacial score (nSPS) is 17.7. The van der Waals surface area contributed by atoms with Gasteiger partial charge in [0.1, 0.15) is 17.1 Å². The number of methoxy groups -OCH3 is 1. The Hall–Kier alpha value is -2.67. The van der Waals surface area contributed by atoms with Crippen LogP contribution in [-0.4, -0.2) is 35.6 Å². The van der Waals surface area contributed by atoms with Gasteiger partial charge in [0.25, 0.3) is 5.88 Å². The molecule has 0 saturated carbocycles. The van der Waals surface area contributed by atoms with Crippen LogP contribution in [0.4, 0.5) is 0 Å². The molecular weight excluding hydrogens is 298 g/mol. The van der Waals surface area contributed by atoms with Crippen molar-refractivity contribution < 1.29 is 18.7 Å². The van der Waals surface area contributed by atoms with Crippen molar-refractivity contribution in [3.8, 4) is 11.9 Å². The number of nitrogens with zero attached hydrogens (tertiary/aromatic N) is 2. The largest absolute Gasteiger partial charge is 0.467 e. The van der Waals surface area contributed by atoms with E-state index in [2.05, 4.69) is 15.3 Å². The van der Waals surface area contributed by atoms with Crippen LogP contribution >= 0.6 is 0 Å². The molecule has 2 aromatic heterocycles. The van der Waals surface area contributed by atoms with Gasteiger partial charge in [0.05, 0.1) is 7.11 Å². The maximum atomic E-state index is 12.2. The highest BCUT2D eigenvalue weighted by Crippen LogP contribution is 2.33. The number of ether oxygens (including phenoxy) is 2. The highest BCUT2D eigenvalue weighted by Gasteiger charge is 2.26. The second kappa shape index (κ2) is 5.51. The van der Waals surface area contributed by atoms with Crippen molar-refractivity contribution >= 4 is 28.0 Å². The van der Waals surface area contributed by atoms with Crippen LogP contribution < -0.4 is 14.8 Å².